The Hall–Kier alpha value is -3.03. The molecular formula is C26H29NO5S. The van der Waals surface area contributed by atoms with Crippen LogP contribution in [0.5, 0.6) is 23.0 Å². The Morgan fingerprint density at radius 3 is 2.70 bits per heavy atom. The summed E-state index contributed by atoms with van der Waals surface area (Å²) in [6.07, 6.45) is 8.44. The van der Waals surface area contributed by atoms with Crippen LogP contribution in [-0.2, 0) is 30.5 Å². The van der Waals surface area contributed by atoms with Crippen LogP contribution in [0, 0.1) is 0 Å². The Bertz CT molecular complexity index is 1150. The Morgan fingerprint density at radius 1 is 1.21 bits per heavy atom. The second-order valence-electron chi connectivity index (χ2n) is 8.02. The molecule has 2 unspecified atom stereocenters. The first-order valence-electron chi connectivity index (χ1n) is 10.9. The predicted molar refractivity (Wildman–Crippen MR) is 130 cm³/mol. The number of allylic oxidation sites excluding steroid dienone is 4. The fourth-order valence-corrected chi connectivity index (χ4v) is 5.49. The van der Waals surface area contributed by atoms with Crippen molar-refractivity contribution < 1.29 is 23.0 Å². The number of nitrogens with zero attached hydrogens (tertiary/aromatic N) is 1. The smallest absolute Gasteiger partial charge is 0.240 e. The van der Waals surface area contributed by atoms with E-state index < -0.39 is 11.1 Å². The largest absolute Gasteiger partial charge is 0.504 e. The van der Waals surface area contributed by atoms with Gasteiger partial charge in [-0.1, -0.05) is 24.8 Å². The van der Waals surface area contributed by atoms with Gasteiger partial charge in [0.25, 0.3) is 0 Å². The quantitative estimate of drug-likeness (QED) is 0.593. The molecule has 7 heteroatoms. The number of hydrogen-bond acceptors (Lipinski definition) is 6. The highest BCUT2D eigenvalue weighted by molar-refractivity contribution is 7.84. The van der Waals surface area contributed by atoms with Crippen molar-refractivity contribution in [3.05, 3.63) is 82.3 Å². The molecule has 2 aromatic carbocycles. The molecule has 0 aromatic heterocycles. The average Bonchev–Trinajstić information content (AvgIpc) is 2.82. The van der Waals surface area contributed by atoms with Gasteiger partial charge in [-0.05, 0) is 66.8 Å². The highest BCUT2D eigenvalue weighted by Crippen LogP contribution is 2.46. The van der Waals surface area contributed by atoms with Crippen molar-refractivity contribution in [1.29, 1.82) is 0 Å². The van der Waals surface area contributed by atoms with Crippen molar-refractivity contribution >= 4 is 11.1 Å². The van der Waals surface area contributed by atoms with Crippen molar-refractivity contribution in [3.63, 3.8) is 0 Å². The molecule has 0 fully saturated rings. The molecule has 2 aliphatic rings. The van der Waals surface area contributed by atoms with Gasteiger partial charge in [0.2, 0.25) is 11.1 Å². The third-order valence-electron chi connectivity index (χ3n) is 6.19. The molecule has 0 saturated carbocycles. The fourth-order valence-electron chi connectivity index (χ4n) is 4.61. The summed E-state index contributed by atoms with van der Waals surface area (Å²) in [7, 11) is 3.15. The van der Waals surface area contributed by atoms with E-state index in [9.17, 15) is 9.32 Å². The van der Waals surface area contributed by atoms with Gasteiger partial charge in [-0.3, -0.25) is 4.90 Å². The van der Waals surface area contributed by atoms with Crippen LogP contribution >= 0.6 is 0 Å². The Kier molecular flexibility index (Phi) is 6.91. The van der Waals surface area contributed by atoms with Gasteiger partial charge in [-0.25, -0.2) is 4.21 Å². The van der Waals surface area contributed by atoms with Crippen molar-refractivity contribution in [2.75, 3.05) is 20.8 Å². The van der Waals surface area contributed by atoms with Crippen LogP contribution in [0.4, 0.5) is 0 Å². The van der Waals surface area contributed by atoms with E-state index in [1.54, 1.807) is 32.4 Å². The molecule has 6 nitrogen and oxygen atoms in total. The third-order valence-corrected chi connectivity index (χ3v) is 7.16. The summed E-state index contributed by atoms with van der Waals surface area (Å²) in [4.78, 5) is 2.90. The molecule has 0 bridgehead atoms. The summed E-state index contributed by atoms with van der Waals surface area (Å²) in [5, 5.41) is 10.4. The van der Waals surface area contributed by atoms with E-state index >= 15 is 0 Å². The molecule has 0 radical (unpaired) electrons. The van der Waals surface area contributed by atoms with E-state index in [4.69, 9.17) is 13.7 Å². The van der Waals surface area contributed by atoms with Crippen molar-refractivity contribution in [1.82, 2.24) is 4.90 Å². The third kappa shape index (κ3) is 4.43. The zero-order chi connectivity index (χ0) is 23.5. The lowest BCUT2D eigenvalue weighted by Crippen LogP contribution is -2.39. The summed E-state index contributed by atoms with van der Waals surface area (Å²) in [6.45, 7) is 7.07. The Labute approximate surface area is 197 Å². The SMILES string of the molecule is C=C/C=C(\C=C/C)S(=O)Oc1c(OC)ccc2c1CN1CCc3cc(OC)c(O)cc3C1C2. The van der Waals surface area contributed by atoms with Crippen molar-refractivity contribution in [2.24, 2.45) is 0 Å². The maximum atomic E-state index is 13.0. The molecule has 2 heterocycles. The van der Waals surface area contributed by atoms with Gasteiger partial charge >= 0.3 is 0 Å². The standard InChI is InChI=1S/C26H29NO5S/c1-5-7-19(8-6-2)33(29)32-26-21-16-27-12-11-18-14-25(31-4)23(28)15-20(18)22(27)13-17(21)9-10-24(26)30-3/h5-10,14-15,22,28H,1,11-13,16H2,2-4H3/b8-6-,19-7+. The van der Waals surface area contributed by atoms with Crippen LogP contribution in [0.15, 0.2) is 60.1 Å². The lowest BCUT2D eigenvalue weighted by atomic mass is 9.83. The molecule has 0 spiro atoms. The number of rotatable bonds is 7. The minimum Gasteiger partial charge on any atom is -0.504 e. The van der Waals surface area contributed by atoms with E-state index in [0.717, 1.165) is 36.1 Å². The molecular weight excluding hydrogens is 438 g/mol. The topological polar surface area (TPSA) is 68.2 Å². The first-order valence-corrected chi connectivity index (χ1v) is 12.0. The van der Waals surface area contributed by atoms with Crippen LogP contribution in [0.3, 0.4) is 0 Å². The first kappa shape index (κ1) is 23.1. The van der Waals surface area contributed by atoms with E-state index in [0.29, 0.717) is 28.7 Å². The lowest BCUT2D eigenvalue weighted by Gasteiger charge is -2.42. The Morgan fingerprint density at radius 2 is 2.00 bits per heavy atom. The molecule has 0 amide bonds. The van der Waals surface area contributed by atoms with Crippen LogP contribution in [0.2, 0.25) is 0 Å². The van der Waals surface area contributed by atoms with Crippen LogP contribution in [-0.4, -0.2) is 35.0 Å². The number of phenolic OH excluding ortho intramolecular Hbond substituents is 1. The molecule has 0 aliphatic carbocycles. The van der Waals surface area contributed by atoms with E-state index in [1.807, 2.05) is 37.3 Å². The van der Waals surface area contributed by atoms with Gasteiger partial charge in [0.05, 0.1) is 19.1 Å². The van der Waals surface area contributed by atoms with Crippen molar-refractivity contribution in [2.45, 2.75) is 32.4 Å². The van der Waals surface area contributed by atoms with Gasteiger partial charge in [-0.2, -0.15) is 0 Å². The maximum Gasteiger partial charge on any atom is 0.240 e. The molecule has 2 aliphatic heterocycles. The predicted octanol–water partition coefficient (Wildman–Crippen LogP) is 4.75. The number of benzene rings is 2. The van der Waals surface area contributed by atoms with E-state index in [2.05, 4.69) is 11.5 Å². The molecule has 1 N–H and O–H groups in total. The molecule has 2 atom stereocenters. The summed E-state index contributed by atoms with van der Waals surface area (Å²) in [5.41, 5.74) is 4.42. The molecule has 2 aromatic rings. The van der Waals surface area contributed by atoms with Gasteiger partial charge in [-0.15, -0.1) is 0 Å². The van der Waals surface area contributed by atoms with Gasteiger partial charge < -0.3 is 18.8 Å². The molecule has 0 saturated heterocycles. The first-order chi connectivity index (χ1) is 16.0. The minimum absolute atomic E-state index is 0.143. The Balaban J connectivity index is 1.71. The maximum absolute atomic E-state index is 13.0. The fraction of sp³-hybridized carbons (Fsp3) is 0.308. The number of aromatic hydroxyl groups is 1. The lowest BCUT2D eigenvalue weighted by molar-refractivity contribution is 0.158. The molecule has 174 valence electrons. The second kappa shape index (κ2) is 9.85. The summed E-state index contributed by atoms with van der Waals surface area (Å²) in [6, 6.07) is 7.82. The number of methoxy groups -OCH3 is 2. The number of ether oxygens (including phenoxy) is 2. The average molecular weight is 468 g/mol. The zero-order valence-corrected chi connectivity index (χ0v) is 20.0. The second-order valence-corrected chi connectivity index (χ2v) is 9.13. The summed E-state index contributed by atoms with van der Waals surface area (Å²) in [5.74, 6) is 1.72. The van der Waals surface area contributed by atoms with E-state index in [-0.39, 0.29) is 11.8 Å². The van der Waals surface area contributed by atoms with Crippen LogP contribution in [0.25, 0.3) is 0 Å². The van der Waals surface area contributed by atoms with Gasteiger partial charge in [0.1, 0.15) is 0 Å². The zero-order valence-electron chi connectivity index (χ0n) is 19.2. The van der Waals surface area contributed by atoms with Gasteiger partial charge in [0.15, 0.2) is 23.0 Å². The highest BCUT2D eigenvalue weighted by atomic mass is 32.2. The minimum atomic E-state index is -1.71. The van der Waals surface area contributed by atoms with Crippen molar-refractivity contribution in [3.8, 4) is 23.0 Å². The number of phenols is 1. The molecule has 4 rings (SSSR count). The number of hydrogen-bond donors (Lipinski definition) is 1. The number of fused-ring (bicyclic) bond motifs is 4. The highest BCUT2D eigenvalue weighted by Gasteiger charge is 2.35. The molecule has 33 heavy (non-hydrogen) atoms. The monoisotopic (exact) mass is 467 g/mol. The van der Waals surface area contributed by atoms with Crippen LogP contribution < -0.4 is 13.7 Å². The normalized spacial score (nSPS) is 18.8. The summed E-state index contributed by atoms with van der Waals surface area (Å²) >= 11 is -1.71. The van der Waals surface area contributed by atoms with Gasteiger partial charge in [0, 0.05) is 24.7 Å². The van der Waals surface area contributed by atoms with E-state index in [1.165, 1.54) is 5.56 Å². The van der Waals surface area contributed by atoms with Crippen LogP contribution in [0.1, 0.15) is 35.2 Å². The summed E-state index contributed by atoms with van der Waals surface area (Å²) < 4.78 is 29.9.